The third-order valence-electron chi connectivity index (χ3n) is 1.32. The van der Waals surface area contributed by atoms with E-state index in [9.17, 15) is 9.59 Å². The smallest absolute Gasteiger partial charge is 0.143 e. The zero-order chi connectivity index (χ0) is 9.78. The fraction of sp³-hybridized carbons (Fsp3) is 0.750. The second kappa shape index (κ2) is 4.33. The van der Waals surface area contributed by atoms with Gasteiger partial charge in [0.1, 0.15) is 17.2 Å². The Bertz CT molecular complexity index is 183. The SMILES string of the molecule is CC(=O)CC(=O)CC(C)(C)OO. The molecule has 0 spiro atoms. The van der Waals surface area contributed by atoms with Gasteiger partial charge < -0.3 is 0 Å². The third-order valence-corrected chi connectivity index (χ3v) is 1.32. The highest BCUT2D eigenvalue weighted by atomic mass is 17.1. The van der Waals surface area contributed by atoms with Crippen LogP contribution in [0.15, 0.2) is 0 Å². The van der Waals surface area contributed by atoms with Gasteiger partial charge in [0.05, 0.1) is 6.42 Å². The normalized spacial score (nSPS) is 11.3. The molecule has 0 aliphatic rings. The van der Waals surface area contributed by atoms with Crippen molar-refractivity contribution < 1.29 is 19.7 Å². The van der Waals surface area contributed by atoms with Gasteiger partial charge in [0.25, 0.3) is 0 Å². The zero-order valence-corrected chi connectivity index (χ0v) is 7.59. The highest BCUT2D eigenvalue weighted by molar-refractivity contribution is 5.98. The standard InChI is InChI=1S/C8H14O4/c1-6(9)4-7(10)5-8(2,3)12-11/h11H,4-5H2,1-3H3. The van der Waals surface area contributed by atoms with E-state index in [-0.39, 0.29) is 24.4 Å². The predicted octanol–water partition coefficient (Wildman–Crippen LogP) is 1.19. The van der Waals surface area contributed by atoms with Crippen LogP contribution in [-0.2, 0) is 14.5 Å². The molecule has 0 aromatic rings. The van der Waals surface area contributed by atoms with Crippen molar-refractivity contribution in [3.63, 3.8) is 0 Å². The minimum atomic E-state index is -0.896. The highest BCUT2D eigenvalue weighted by Gasteiger charge is 2.23. The molecule has 0 saturated heterocycles. The zero-order valence-electron chi connectivity index (χ0n) is 7.59. The van der Waals surface area contributed by atoms with Gasteiger partial charge in [0.2, 0.25) is 0 Å². The Balaban J connectivity index is 3.92. The first kappa shape index (κ1) is 11.3. The number of hydrogen-bond acceptors (Lipinski definition) is 4. The first-order valence-corrected chi connectivity index (χ1v) is 3.71. The molecule has 0 aliphatic carbocycles. The van der Waals surface area contributed by atoms with Crippen LogP contribution in [0.2, 0.25) is 0 Å². The molecule has 4 heteroatoms. The van der Waals surface area contributed by atoms with Crippen LogP contribution in [0.25, 0.3) is 0 Å². The quantitative estimate of drug-likeness (QED) is 0.386. The van der Waals surface area contributed by atoms with E-state index >= 15 is 0 Å². The molecule has 0 aliphatic heterocycles. The van der Waals surface area contributed by atoms with E-state index in [0.717, 1.165) is 0 Å². The lowest BCUT2D eigenvalue weighted by molar-refractivity contribution is -0.312. The molecule has 0 atom stereocenters. The number of rotatable bonds is 5. The third kappa shape index (κ3) is 4.98. The number of hydrogen-bond donors (Lipinski definition) is 1. The first-order valence-electron chi connectivity index (χ1n) is 3.71. The second-order valence-corrected chi connectivity index (χ2v) is 3.45. The Morgan fingerprint density at radius 1 is 1.42 bits per heavy atom. The van der Waals surface area contributed by atoms with E-state index in [1.165, 1.54) is 6.92 Å². The van der Waals surface area contributed by atoms with E-state index < -0.39 is 5.60 Å². The monoisotopic (exact) mass is 174 g/mol. The van der Waals surface area contributed by atoms with Crippen LogP contribution in [0.1, 0.15) is 33.6 Å². The summed E-state index contributed by atoms with van der Waals surface area (Å²) in [5.41, 5.74) is -0.896. The maximum atomic E-state index is 11.0. The summed E-state index contributed by atoms with van der Waals surface area (Å²) in [5, 5.41) is 8.34. The van der Waals surface area contributed by atoms with E-state index in [2.05, 4.69) is 4.89 Å². The summed E-state index contributed by atoms with van der Waals surface area (Å²) in [4.78, 5) is 25.6. The summed E-state index contributed by atoms with van der Waals surface area (Å²) in [7, 11) is 0. The molecule has 0 unspecified atom stereocenters. The van der Waals surface area contributed by atoms with E-state index in [4.69, 9.17) is 5.26 Å². The van der Waals surface area contributed by atoms with E-state index in [1.54, 1.807) is 13.8 Å². The van der Waals surface area contributed by atoms with Gasteiger partial charge in [-0.3, -0.25) is 14.8 Å². The maximum absolute atomic E-state index is 11.0. The summed E-state index contributed by atoms with van der Waals surface area (Å²) in [6, 6.07) is 0. The number of carbonyl (C=O) groups excluding carboxylic acids is 2. The molecule has 0 saturated carbocycles. The molecule has 1 N–H and O–H groups in total. The van der Waals surface area contributed by atoms with Crippen LogP contribution >= 0.6 is 0 Å². The Labute approximate surface area is 71.5 Å². The van der Waals surface area contributed by atoms with Gasteiger partial charge in [-0.05, 0) is 20.8 Å². The molecule has 0 radical (unpaired) electrons. The highest BCUT2D eigenvalue weighted by Crippen LogP contribution is 2.13. The summed E-state index contributed by atoms with van der Waals surface area (Å²) in [6.07, 6.45) is -0.0458. The molecule has 4 nitrogen and oxygen atoms in total. The first-order chi connectivity index (χ1) is 5.37. The van der Waals surface area contributed by atoms with Crippen molar-refractivity contribution in [1.29, 1.82) is 0 Å². The summed E-state index contributed by atoms with van der Waals surface area (Å²) in [6.45, 7) is 4.50. The van der Waals surface area contributed by atoms with Crippen LogP contribution in [0, 0.1) is 0 Å². The largest absolute Gasteiger partial charge is 0.300 e. The molecule has 0 aromatic heterocycles. The van der Waals surface area contributed by atoms with Gasteiger partial charge in [0.15, 0.2) is 0 Å². The summed E-state index contributed by atoms with van der Waals surface area (Å²) in [5.74, 6) is -0.393. The fourth-order valence-electron chi connectivity index (χ4n) is 0.847. The van der Waals surface area contributed by atoms with Crippen LogP contribution in [0.3, 0.4) is 0 Å². The van der Waals surface area contributed by atoms with Gasteiger partial charge in [0, 0.05) is 6.42 Å². The summed E-state index contributed by atoms with van der Waals surface area (Å²) >= 11 is 0. The lowest BCUT2D eigenvalue weighted by Gasteiger charge is -2.18. The average Bonchev–Trinajstić information content (AvgIpc) is 1.84. The van der Waals surface area contributed by atoms with E-state index in [1.807, 2.05) is 0 Å². The van der Waals surface area contributed by atoms with Crippen molar-refractivity contribution in [3.8, 4) is 0 Å². The van der Waals surface area contributed by atoms with E-state index in [0.29, 0.717) is 0 Å². The molecule has 12 heavy (non-hydrogen) atoms. The molecule has 0 aromatic carbocycles. The van der Waals surface area contributed by atoms with Gasteiger partial charge in [-0.2, -0.15) is 0 Å². The number of carbonyl (C=O) groups is 2. The molecular formula is C8H14O4. The topological polar surface area (TPSA) is 63.6 Å². The summed E-state index contributed by atoms with van der Waals surface area (Å²) < 4.78 is 0. The van der Waals surface area contributed by atoms with Crippen molar-refractivity contribution in [2.75, 3.05) is 0 Å². The van der Waals surface area contributed by atoms with Gasteiger partial charge in [-0.15, -0.1) is 0 Å². The van der Waals surface area contributed by atoms with Crippen molar-refractivity contribution in [1.82, 2.24) is 0 Å². The maximum Gasteiger partial charge on any atom is 0.143 e. The predicted molar refractivity (Wildman–Crippen MR) is 42.7 cm³/mol. The molecule has 0 amide bonds. The van der Waals surface area contributed by atoms with Crippen molar-refractivity contribution in [3.05, 3.63) is 0 Å². The molecule has 0 fully saturated rings. The number of Topliss-reactive ketones (excluding diaryl/α,β-unsaturated/α-hetero) is 2. The van der Waals surface area contributed by atoms with Crippen molar-refractivity contribution in [2.45, 2.75) is 39.2 Å². The Morgan fingerprint density at radius 2 is 1.92 bits per heavy atom. The molecule has 0 heterocycles. The molecule has 0 rings (SSSR count). The van der Waals surface area contributed by atoms with Gasteiger partial charge in [-0.25, -0.2) is 4.89 Å². The minimum Gasteiger partial charge on any atom is -0.300 e. The number of ketones is 2. The lowest BCUT2D eigenvalue weighted by Crippen LogP contribution is -2.27. The van der Waals surface area contributed by atoms with Crippen LogP contribution in [-0.4, -0.2) is 22.4 Å². The molecule has 70 valence electrons. The van der Waals surface area contributed by atoms with Crippen LogP contribution < -0.4 is 0 Å². The van der Waals surface area contributed by atoms with Gasteiger partial charge >= 0.3 is 0 Å². The second-order valence-electron chi connectivity index (χ2n) is 3.45. The minimum absolute atomic E-state index is 0.0447. The van der Waals surface area contributed by atoms with Crippen LogP contribution in [0.4, 0.5) is 0 Å². The fourth-order valence-corrected chi connectivity index (χ4v) is 0.847. The Hall–Kier alpha value is -0.740. The Morgan fingerprint density at radius 3 is 2.25 bits per heavy atom. The van der Waals surface area contributed by atoms with Crippen molar-refractivity contribution in [2.24, 2.45) is 0 Å². The van der Waals surface area contributed by atoms with Crippen LogP contribution in [0.5, 0.6) is 0 Å². The molecule has 0 bridgehead atoms. The van der Waals surface area contributed by atoms with Crippen molar-refractivity contribution >= 4 is 11.6 Å². The van der Waals surface area contributed by atoms with Gasteiger partial charge in [-0.1, -0.05) is 0 Å². The average molecular weight is 174 g/mol. The Kier molecular flexibility index (Phi) is 4.06. The lowest BCUT2D eigenvalue weighted by atomic mass is 9.99. The molecular weight excluding hydrogens is 160 g/mol.